The Balaban J connectivity index is 2.88. The topological polar surface area (TPSA) is 53.0 Å². The summed E-state index contributed by atoms with van der Waals surface area (Å²) in [5, 5.41) is 8.54. The number of para-hydroxylation sites is 1. The van der Waals surface area contributed by atoms with Crippen LogP contribution in [-0.2, 0) is 0 Å². The van der Waals surface area contributed by atoms with Crippen molar-refractivity contribution >= 4 is 5.69 Å². The Morgan fingerprint density at radius 2 is 2.13 bits per heavy atom. The van der Waals surface area contributed by atoms with E-state index in [0.717, 1.165) is 17.8 Å². The summed E-state index contributed by atoms with van der Waals surface area (Å²) in [6.45, 7) is 2.71. The van der Waals surface area contributed by atoms with Crippen LogP contribution in [0.4, 0.5) is 5.69 Å². The fourth-order valence-electron chi connectivity index (χ4n) is 1.56. The second-order valence-corrected chi connectivity index (χ2v) is 3.68. The summed E-state index contributed by atoms with van der Waals surface area (Å²) in [4.78, 5) is 2.07. The summed E-state index contributed by atoms with van der Waals surface area (Å²) in [5.74, 6) is 0. The fraction of sp³-hybridized carbons (Fsp3) is 0.417. The van der Waals surface area contributed by atoms with Gasteiger partial charge in [-0.15, -0.1) is 0 Å². The van der Waals surface area contributed by atoms with Crippen molar-refractivity contribution in [1.29, 1.82) is 5.26 Å². The minimum atomic E-state index is 0.0192. The Hall–Kier alpha value is -1.53. The van der Waals surface area contributed by atoms with Gasteiger partial charge in [0, 0.05) is 25.3 Å². The molecule has 0 radical (unpaired) electrons. The average Bonchev–Trinajstić information content (AvgIpc) is 2.25. The van der Waals surface area contributed by atoms with Crippen LogP contribution in [0, 0.1) is 11.3 Å². The number of hydrogen-bond donors (Lipinski definition) is 1. The van der Waals surface area contributed by atoms with Crippen LogP contribution in [0.3, 0.4) is 0 Å². The maximum absolute atomic E-state index is 8.54. The first-order valence-electron chi connectivity index (χ1n) is 5.09. The molecule has 0 heterocycles. The highest BCUT2D eigenvalue weighted by atomic mass is 15.1. The molecule has 2 N–H and O–H groups in total. The normalized spacial score (nSPS) is 11.9. The lowest BCUT2D eigenvalue weighted by Crippen LogP contribution is -2.21. The van der Waals surface area contributed by atoms with Crippen LogP contribution in [0.25, 0.3) is 0 Å². The van der Waals surface area contributed by atoms with Crippen molar-refractivity contribution in [3.63, 3.8) is 0 Å². The highest BCUT2D eigenvalue weighted by Gasteiger charge is 2.09. The average molecular weight is 203 g/mol. The van der Waals surface area contributed by atoms with Gasteiger partial charge in [-0.2, -0.15) is 5.26 Å². The Kier molecular flexibility index (Phi) is 4.14. The van der Waals surface area contributed by atoms with Crippen molar-refractivity contribution in [2.75, 3.05) is 18.5 Å². The Labute approximate surface area is 91.1 Å². The zero-order chi connectivity index (χ0) is 11.3. The van der Waals surface area contributed by atoms with Crippen molar-refractivity contribution in [3.8, 4) is 6.07 Å². The molecule has 0 unspecified atom stereocenters. The van der Waals surface area contributed by atoms with E-state index < -0.39 is 0 Å². The molecule has 3 heteroatoms. The van der Waals surface area contributed by atoms with Crippen molar-refractivity contribution < 1.29 is 0 Å². The molecule has 0 aliphatic heterocycles. The number of benzene rings is 1. The van der Waals surface area contributed by atoms with Gasteiger partial charge in [-0.1, -0.05) is 18.2 Å². The van der Waals surface area contributed by atoms with Gasteiger partial charge in [0.2, 0.25) is 0 Å². The smallest absolute Gasteiger partial charge is 0.0640 e. The second-order valence-electron chi connectivity index (χ2n) is 3.68. The monoisotopic (exact) mass is 203 g/mol. The van der Waals surface area contributed by atoms with E-state index in [0.29, 0.717) is 6.42 Å². The summed E-state index contributed by atoms with van der Waals surface area (Å²) < 4.78 is 0. The molecule has 0 aliphatic carbocycles. The maximum Gasteiger partial charge on any atom is 0.0640 e. The zero-order valence-corrected chi connectivity index (χ0v) is 9.27. The van der Waals surface area contributed by atoms with E-state index in [1.54, 1.807) is 0 Å². The summed E-state index contributed by atoms with van der Waals surface area (Å²) in [7, 11) is 1.98. The largest absolute Gasteiger partial charge is 0.373 e. The Morgan fingerprint density at radius 1 is 1.47 bits per heavy atom. The summed E-state index contributed by atoms with van der Waals surface area (Å²) >= 11 is 0. The van der Waals surface area contributed by atoms with Crippen LogP contribution < -0.4 is 10.6 Å². The first-order chi connectivity index (χ1) is 7.16. The van der Waals surface area contributed by atoms with Crippen molar-refractivity contribution in [1.82, 2.24) is 0 Å². The summed E-state index contributed by atoms with van der Waals surface area (Å²) in [6.07, 6.45) is 0.532. The van der Waals surface area contributed by atoms with E-state index >= 15 is 0 Å². The molecule has 1 rings (SSSR count). The van der Waals surface area contributed by atoms with E-state index in [2.05, 4.69) is 11.0 Å². The molecule has 0 aliphatic rings. The van der Waals surface area contributed by atoms with E-state index in [9.17, 15) is 0 Å². The predicted molar refractivity (Wildman–Crippen MR) is 62.5 cm³/mol. The molecule has 15 heavy (non-hydrogen) atoms. The van der Waals surface area contributed by atoms with Crippen LogP contribution in [0.1, 0.15) is 24.9 Å². The number of rotatable bonds is 4. The van der Waals surface area contributed by atoms with Crippen LogP contribution in [0.2, 0.25) is 0 Å². The third-order valence-electron chi connectivity index (χ3n) is 2.40. The minimum absolute atomic E-state index is 0.0192. The van der Waals surface area contributed by atoms with Gasteiger partial charge in [-0.3, -0.25) is 0 Å². The number of nitriles is 1. The van der Waals surface area contributed by atoms with Gasteiger partial charge in [-0.25, -0.2) is 0 Å². The minimum Gasteiger partial charge on any atom is -0.373 e. The molecule has 1 atom stereocenters. The molecular weight excluding hydrogens is 186 g/mol. The standard InChI is InChI=1S/C12H17N3/c1-10(14)11-6-3-4-7-12(11)15(2)9-5-8-13/h3-4,6-7,10H,5,9,14H2,1-2H3/t10-/m1/s1. The molecular formula is C12H17N3. The molecule has 80 valence electrons. The van der Waals surface area contributed by atoms with Gasteiger partial charge in [0.1, 0.15) is 0 Å². The lowest BCUT2D eigenvalue weighted by Gasteiger charge is -2.22. The van der Waals surface area contributed by atoms with Gasteiger partial charge in [0.25, 0.3) is 0 Å². The van der Waals surface area contributed by atoms with Crippen molar-refractivity contribution in [2.45, 2.75) is 19.4 Å². The van der Waals surface area contributed by atoms with Crippen LogP contribution >= 0.6 is 0 Å². The SMILES string of the molecule is C[C@@H](N)c1ccccc1N(C)CCC#N. The second kappa shape index (κ2) is 5.38. The first kappa shape index (κ1) is 11.5. The fourth-order valence-corrected chi connectivity index (χ4v) is 1.56. The van der Waals surface area contributed by atoms with E-state index in [4.69, 9.17) is 11.0 Å². The first-order valence-corrected chi connectivity index (χ1v) is 5.09. The van der Waals surface area contributed by atoms with Gasteiger partial charge in [-0.05, 0) is 18.6 Å². The maximum atomic E-state index is 8.54. The molecule has 0 saturated heterocycles. The predicted octanol–water partition coefficient (Wildman–Crippen LogP) is 2.06. The quantitative estimate of drug-likeness (QED) is 0.814. The molecule has 1 aromatic rings. The zero-order valence-electron chi connectivity index (χ0n) is 9.27. The summed E-state index contributed by atoms with van der Waals surface area (Å²) in [5.41, 5.74) is 8.13. The van der Waals surface area contributed by atoms with Gasteiger partial charge < -0.3 is 10.6 Å². The number of nitrogens with zero attached hydrogens (tertiary/aromatic N) is 2. The van der Waals surface area contributed by atoms with Gasteiger partial charge in [0.15, 0.2) is 0 Å². The molecule has 0 bridgehead atoms. The van der Waals surface area contributed by atoms with E-state index in [-0.39, 0.29) is 6.04 Å². The van der Waals surface area contributed by atoms with Crippen LogP contribution in [-0.4, -0.2) is 13.6 Å². The van der Waals surface area contributed by atoms with Crippen molar-refractivity contribution in [3.05, 3.63) is 29.8 Å². The highest BCUT2D eigenvalue weighted by Crippen LogP contribution is 2.23. The van der Waals surface area contributed by atoms with Gasteiger partial charge >= 0.3 is 0 Å². The molecule has 0 fully saturated rings. The van der Waals surface area contributed by atoms with Crippen LogP contribution in [0.5, 0.6) is 0 Å². The Bertz CT molecular complexity index is 352. The van der Waals surface area contributed by atoms with E-state index in [1.165, 1.54) is 0 Å². The van der Waals surface area contributed by atoms with E-state index in [1.807, 2.05) is 38.2 Å². The molecule has 0 aromatic heterocycles. The lowest BCUT2D eigenvalue weighted by atomic mass is 10.1. The number of nitrogens with two attached hydrogens (primary N) is 1. The molecule has 0 spiro atoms. The summed E-state index contributed by atoms with van der Waals surface area (Å²) in [6, 6.07) is 10.2. The number of hydrogen-bond acceptors (Lipinski definition) is 3. The lowest BCUT2D eigenvalue weighted by molar-refractivity contribution is 0.801. The molecule has 3 nitrogen and oxygen atoms in total. The van der Waals surface area contributed by atoms with Crippen LogP contribution in [0.15, 0.2) is 24.3 Å². The number of anilines is 1. The molecule has 0 saturated carbocycles. The van der Waals surface area contributed by atoms with Crippen molar-refractivity contribution in [2.24, 2.45) is 5.73 Å². The highest BCUT2D eigenvalue weighted by molar-refractivity contribution is 5.54. The third-order valence-corrected chi connectivity index (χ3v) is 2.40. The third kappa shape index (κ3) is 2.97. The molecule has 1 aromatic carbocycles. The Morgan fingerprint density at radius 3 is 2.73 bits per heavy atom. The van der Waals surface area contributed by atoms with Gasteiger partial charge in [0.05, 0.1) is 12.5 Å². The molecule has 0 amide bonds.